The molecule has 4 amide bonds. The van der Waals surface area contributed by atoms with E-state index in [2.05, 4.69) is 4.98 Å². The third-order valence-corrected chi connectivity index (χ3v) is 5.56. The SMILES string of the molecule is NC(=O)C1CCN(C(=O)c2cccc(C(=O)N3CCC(C(N)=O)CC3)n2)CC1. The number of primary amides is 2. The number of piperidine rings is 2. The van der Waals surface area contributed by atoms with Gasteiger partial charge in [-0.2, -0.15) is 0 Å². The highest BCUT2D eigenvalue weighted by atomic mass is 16.2. The summed E-state index contributed by atoms with van der Waals surface area (Å²) in [4.78, 5) is 55.5. The summed E-state index contributed by atoms with van der Waals surface area (Å²) in [5, 5.41) is 0. The first kappa shape index (κ1) is 19.8. The van der Waals surface area contributed by atoms with E-state index in [0.29, 0.717) is 51.9 Å². The van der Waals surface area contributed by atoms with Crippen LogP contribution in [0.15, 0.2) is 18.2 Å². The van der Waals surface area contributed by atoms with Crippen LogP contribution in [-0.4, -0.2) is 64.6 Å². The van der Waals surface area contributed by atoms with E-state index in [4.69, 9.17) is 11.5 Å². The molecule has 0 radical (unpaired) electrons. The van der Waals surface area contributed by atoms with Crippen LogP contribution in [0.5, 0.6) is 0 Å². The van der Waals surface area contributed by atoms with Crippen molar-refractivity contribution in [3.63, 3.8) is 0 Å². The van der Waals surface area contributed by atoms with Gasteiger partial charge in [0.1, 0.15) is 11.4 Å². The molecule has 4 N–H and O–H groups in total. The lowest BCUT2D eigenvalue weighted by molar-refractivity contribution is -0.123. The van der Waals surface area contributed by atoms with Gasteiger partial charge in [0.25, 0.3) is 11.8 Å². The number of nitrogens with zero attached hydrogens (tertiary/aromatic N) is 3. The van der Waals surface area contributed by atoms with Gasteiger partial charge in [-0.15, -0.1) is 0 Å². The van der Waals surface area contributed by atoms with Crippen molar-refractivity contribution in [2.24, 2.45) is 23.3 Å². The summed E-state index contributed by atoms with van der Waals surface area (Å²) in [6.07, 6.45) is 2.14. The molecule has 3 heterocycles. The summed E-state index contributed by atoms with van der Waals surface area (Å²) in [6, 6.07) is 4.80. The predicted molar refractivity (Wildman–Crippen MR) is 99.9 cm³/mol. The summed E-state index contributed by atoms with van der Waals surface area (Å²) in [5.41, 5.74) is 11.1. The van der Waals surface area contributed by atoms with Crippen molar-refractivity contribution in [2.45, 2.75) is 25.7 Å². The van der Waals surface area contributed by atoms with E-state index in [9.17, 15) is 19.2 Å². The first-order valence-corrected chi connectivity index (χ1v) is 9.51. The molecule has 150 valence electrons. The average molecular weight is 387 g/mol. The van der Waals surface area contributed by atoms with E-state index in [0.717, 1.165) is 0 Å². The fourth-order valence-electron chi connectivity index (χ4n) is 3.73. The van der Waals surface area contributed by atoms with Crippen molar-refractivity contribution in [1.82, 2.24) is 14.8 Å². The molecule has 0 unspecified atom stereocenters. The van der Waals surface area contributed by atoms with Gasteiger partial charge in [-0.25, -0.2) is 4.98 Å². The lowest BCUT2D eigenvalue weighted by atomic mass is 9.96. The van der Waals surface area contributed by atoms with Crippen molar-refractivity contribution in [3.05, 3.63) is 29.6 Å². The van der Waals surface area contributed by atoms with Crippen LogP contribution in [0.2, 0.25) is 0 Å². The van der Waals surface area contributed by atoms with Crippen LogP contribution in [0.3, 0.4) is 0 Å². The maximum Gasteiger partial charge on any atom is 0.272 e. The van der Waals surface area contributed by atoms with E-state index in [1.54, 1.807) is 28.0 Å². The largest absolute Gasteiger partial charge is 0.369 e. The molecule has 0 spiro atoms. The number of carbonyl (C=O) groups is 4. The zero-order chi connectivity index (χ0) is 20.3. The number of pyridine rings is 1. The normalized spacial score (nSPS) is 18.7. The van der Waals surface area contributed by atoms with Crippen LogP contribution in [0.4, 0.5) is 0 Å². The Morgan fingerprint density at radius 3 is 1.43 bits per heavy atom. The van der Waals surface area contributed by atoms with Crippen molar-refractivity contribution < 1.29 is 19.2 Å². The molecule has 2 saturated heterocycles. The smallest absolute Gasteiger partial charge is 0.272 e. The fraction of sp³-hybridized carbons (Fsp3) is 0.526. The first-order chi connectivity index (χ1) is 13.4. The Kier molecular flexibility index (Phi) is 5.91. The molecule has 9 heteroatoms. The number of hydrogen-bond acceptors (Lipinski definition) is 5. The highest BCUT2D eigenvalue weighted by Crippen LogP contribution is 2.20. The summed E-state index contributed by atoms with van der Waals surface area (Å²) in [6.45, 7) is 1.75. The van der Waals surface area contributed by atoms with Gasteiger partial charge in [0, 0.05) is 38.0 Å². The Bertz CT molecular complexity index is 719. The van der Waals surface area contributed by atoms with Crippen LogP contribution in [-0.2, 0) is 9.59 Å². The van der Waals surface area contributed by atoms with Gasteiger partial charge < -0.3 is 21.3 Å². The number of carbonyl (C=O) groups excluding carboxylic acids is 4. The fourth-order valence-corrected chi connectivity index (χ4v) is 3.73. The Morgan fingerprint density at radius 1 is 0.750 bits per heavy atom. The van der Waals surface area contributed by atoms with Crippen molar-refractivity contribution in [2.75, 3.05) is 26.2 Å². The van der Waals surface area contributed by atoms with E-state index in [-0.39, 0.29) is 46.9 Å². The van der Waals surface area contributed by atoms with Crippen LogP contribution in [0.1, 0.15) is 46.7 Å². The van der Waals surface area contributed by atoms with Gasteiger partial charge in [-0.05, 0) is 37.8 Å². The van der Waals surface area contributed by atoms with E-state index in [1.165, 1.54) is 0 Å². The summed E-state index contributed by atoms with van der Waals surface area (Å²) < 4.78 is 0. The van der Waals surface area contributed by atoms with Crippen LogP contribution in [0.25, 0.3) is 0 Å². The van der Waals surface area contributed by atoms with Crippen LogP contribution < -0.4 is 11.5 Å². The van der Waals surface area contributed by atoms with E-state index < -0.39 is 0 Å². The van der Waals surface area contributed by atoms with Crippen LogP contribution >= 0.6 is 0 Å². The topological polar surface area (TPSA) is 140 Å². The molecule has 2 aliphatic rings. The molecule has 1 aromatic rings. The van der Waals surface area contributed by atoms with Gasteiger partial charge in [0.15, 0.2) is 0 Å². The summed E-state index contributed by atoms with van der Waals surface area (Å²) in [7, 11) is 0. The minimum Gasteiger partial charge on any atom is -0.369 e. The van der Waals surface area contributed by atoms with Crippen LogP contribution in [0, 0.1) is 11.8 Å². The Morgan fingerprint density at radius 2 is 1.11 bits per heavy atom. The molecule has 3 rings (SSSR count). The second kappa shape index (κ2) is 8.37. The minimum atomic E-state index is -0.335. The maximum atomic E-state index is 12.7. The highest BCUT2D eigenvalue weighted by molar-refractivity contribution is 5.96. The monoisotopic (exact) mass is 387 g/mol. The molecule has 0 atom stereocenters. The third-order valence-electron chi connectivity index (χ3n) is 5.56. The average Bonchev–Trinajstić information content (AvgIpc) is 2.73. The molecule has 9 nitrogen and oxygen atoms in total. The number of hydrogen-bond donors (Lipinski definition) is 2. The molecule has 0 aliphatic carbocycles. The zero-order valence-corrected chi connectivity index (χ0v) is 15.7. The standard InChI is InChI=1S/C19H25N5O4/c20-16(25)12-4-8-23(9-5-12)18(27)14-2-1-3-15(22-14)19(28)24-10-6-13(7-11-24)17(21)26/h1-3,12-13H,4-11H2,(H2,20,25)(H2,21,26). The van der Waals surface area contributed by atoms with Gasteiger partial charge in [-0.1, -0.05) is 6.07 Å². The molecule has 0 saturated carbocycles. The number of nitrogens with two attached hydrogens (primary N) is 2. The molecule has 0 aromatic carbocycles. The number of aromatic nitrogens is 1. The minimum absolute atomic E-state index is 0.201. The maximum absolute atomic E-state index is 12.7. The van der Waals surface area contributed by atoms with Gasteiger partial charge in [0.2, 0.25) is 11.8 Å². The highest BCUT2D eigenvalue weighted by Gasteiger charge is 2.29. The number of likely N-dealkylation sites (tertiary alicyclic amines) is 2. The first-order valence-electron chi connectivity index (χ1n) is 9.51. The molecular weight excluding hydrogens is 362 g/mol. The zero-order valence-electron chi connectivity index (χ0n) is 15.7. The predicted octanol–water partition coefficient (Wildman–Crippen LogP) is -0.243. The third kappa shape index (κ3) is 4.29. The molecular formula is C19H25N5O4. The van der Waals surface area contributed by atoms with Gasteiger partial charge in [-0.3, -0.25) is 19.2 Å². The molecule has 0 bridgehead atoms. The van der Waals surface area contributed by atoms with Crippen molar-refractivity contribution >= 4 is 23.6 Å². The lowest BCUT2D eigenvalue weighted by Gasteiger charge is -2.31. The van der Waals surface area contributed by atoms with Crippen molar-refractivity contribution in [1.29, 1.82) is 0 Å². The van der Waals surface area contributed by atoms with E-state index in [1.807, 2.05) is 0 Å². The van der Waals surface area contributed by atoms with Gasteiger partial charge in [0.05, 0.1) is 0 Å². The molecule has 1 aromatic heterocycles. The molecule has 2 aliphatic heterocycles. The second-order valence-corrected chi connectivity index (χ2v) is 7.35. The lowest BCUT2D eigenvalue weighted by Crippen LogP contribution is -2.43. The number of amides is 4. The Hall–Kier alpha value is -2.97. The number of rotatable bonds is 4. The summed E-state index contributed by atoms with van der Waals surface area (Å²) >= 11 is 0. The molecule has 28 heavy (non-hydrogen) atoms. The van der Waals surface area contributed by atoms with Crippen molar-refractivity contribution in [3.8, 4) is 0 Å². The molecule has 2 fully saturated rings. The Labute approximate surface area is 163 Å². The van der Waals surface area contributed by atoms with E-state index >= 15 is 0 Å². The van der Waals surface area contributed by atoms with Gasteiger partial charge >= 0.3 is 0 Å². The second-order valence-electron chi connectivity index (χ2n) is 7.35. The Balaban J connectivity index is 1.64. The quantitative estimate of drug-likeness (QED) is 0.733. The summed E-state index contributed by atoms with van der Waals surface area (Å²) in [5.74, 6) is -1.59.